The largest absolute Gasteiger partial charge is 0.447 e. The molecule has 1 atom stereocenters. The van der Waals surface area contributed by atoms with E-state index in [9.17, 15) is 14.4 Å². The standard InChI is InChI=1S/C23H26N2O4/c1-17(26)24-20-12-10-18(11-13-20)16-21(27)29-22(19-8-4-2-5-9-19)23(28)25-14-6-3-7-15-25/h2,4-5,8-13,22H,3,6-7,14-16H2,1H3,(H,24,26)/t22-/m1/s1. The molecule has 1 saturated heterocycles. The lowest BCUT2D eigenvalue weighted by Gasteiger charge is -2.30. The summed E-state index contributed by atoms with van der Waals surface area (Å²) in [5.41, 5.74) is 2.09. The summed E-state index contributed by atoms with van der Waals surface area (Å²) in [6.07, 6.45) is 2.19. The van der Waals surface area contributed by atoms with Crippen molar-refractivity contribution in [2.75, 3.05) is 18.4 Å². The van der Waals surface area contributed by atoms with E-state index < -0.39 is 12.1 Å². The van der Waals surface area contributed by atoms with E-state index in [0.717, 1.165) is 24.8 Å². The molecule has 2 aromatic carbocycles. The Morgan fingerprint density at radius 3 is 2.24 bits per heavy atom. The summed E-state index contributed by atoms with van der Waals surface area (Å²) in [7, 11) is 0. The molecule has 0 radical (unpaired) electrons. The molecular weight excluding hydrogens is 368 g/mol. The summed E-state index contributed by atoms with van der Waals surface area (Å²) in [5.74, 6) is -0.777. The third-order valence-corrected chi connectivity index (χ3v) is 4.87. The van der Waals surface area contributed by atoms with E-state index in [1.54, 1.807) is 29.2 Å². The minimum Gasteiger partial charge on any atom is -0.447 e. The zero-order valence-electron chi connectivity index (χ0n) is 16.6. The predicted octanol–water partition coefficient (Wildman–Crippen LogP) is 3.48. The van der Waals surface area contributed by atoms with Gasteiger partial charge in [-0.2, -0.15) is 0 Å². The molecule has 3 rings (SSSR count). The summed E-state index contributed by atoms with van der Waals surface area (Å²) < 4.78 is 5.65. The van der Waals surface area contributed by atoms with Crippen LogP contribution in [0, 0.1) is 0 Å². The highest BCUT2D eigenvalue weighted by Gasteiger charge is 2.30. The molecule has 1 aliphatic rings. The van der Waals surface area contributed by atoms with E-state index >= 15 is 0 Å². The zero-order valence-corrected chi connectivity index (χ0v) is 16.6. The van der Waals surface area contributed by atoms with Crippen LogP contribution in [0.15, 0.2) is 54.6 Å². The Labute approximate surface area is 170 Å². The summed E-state index contributed by atoms with van der Waals surface area (Å²) in [5, 5.41) is 2.69. The number of hydrogen-bond acceptors (Lipinski definition) is 4. The molecule has 1 aliphatic heterocycles. The third-order valence-electron chi connectivity index (χ3n) is 4.87. The van der Waals surface area contributed by atoms with Crippen molar-refractivity contribution >= 4 is 23.5 Å². The quantitative estimate of drug-likeness (QED) is 0.761. The molecule has 0 aromatic heterocycles. The van der Waals surface area contributed by atoms with Crippen LogP contribution in [0.25, 0.3) is 0 Å². The summed E-state index contributed by atoms with van der Waals surface area (Å²) in [6, 6.07) is 16.1. The topological polar surface area (TPSA) is 75.7 Å². The maximum Gasteiger partial charge on any atom is 0.311 e. The Morgan fingerprint density at radius 1 is 0.966 bits per heavy atom. The number of nitrogens with one attached hydrogen (secondary N) is 1. The van der Waals surface area contributed by atoms with Crippen LogP contribution in [0.5, 0.6) is 0 Å². The molecule has 29 heavy (non-hydrogen) atoms. The molecule has 0 spiro atoms. The molecule has 6 nitrogen and oxygen atoms in total. The maximum atomic E-state index is 13.0. The van der Waals surface area contributed by atoms with Crippen molar-refractivity contribution in [3.8, 4) is 0 Å². The van der Waals surface area contributed by atoms with Crippen molar-refractivity contribution < 1.29 is 19.1 Å². The highest BCUT2D eigenvalue weighted by molar-refractivity contribution is 5.89. The van der Waals surface area contributed by atoms with Gasteiger partial charge in [0.1, 0.15) is 0 Å². The van der Waals surface area contributed by atoms with Crippen LogP contribution >= 0.6 is 0 Å². The van der Waals surface area contributed by atoms with Crippen LogP contribution < -0.4 is 5.32 Å². The van der Waals surface area contributed by atoms with Gasteiger partial charge in [-0.05, 0) is 37.0 Å². The number of anilines is 1. The fraction of sp³-hybridized carbons (Fsp3) is 0.348. The second kappa shape index (κ2) is 9.87. The van der Waals surface area contributed by atoms with Crippen molar-refractivity contribution in [3.05, 3.63) is 65.7 Å². The fourth-order valence-electron chi connectivity index (χ4n) is 3.42. The fourth-order valence-corrected chi connectivity index (χ4v) is 3.42. The number of rotatable bonds is 6. The average molecular weight is 394 g/mol. The number of esters is 1. The van der Waals surface area contributed by atoms with Gasteiger partial charge in [-0.3, -0.25) is 14.4 Å². The minimum atomic E-state index is -0.930. The first-order valence-electron chi connectivity index (χ1n) is 9.92. The van der Waals surface area contributed by atoms with Gasteiger partial charge >= 0.3 is 5.97 Å². The predicted molar refractivity (Wildman–Crippen MR) is 110 cm³/mol. The molecule has 0 aliphatic carbocycles. The smallest absolute Gasteiger partial charge is 0.311 e. The molecule has 0 bridgehead atoms. The first-order valence-corrected chi connectivity index (χ1v) is 9.92. The van der Waals surface area contributed by atoms with Gasteiger partial charge < -0.3 is 15.0 Å². The van der Waals surface area contributed by atoms with Gasteiger partial charge in [0.2, 0.25) is 12.0 Å². The summed E-state index contributed by atoms with van der Waals surface area (Å²) in [6.45, 7) is 2.84. The van der Waals surface area contributed by atoms with Crippen molar-refractivity contribution in [2.24, 2.45) is 0 Å². The number of amides is 2. The van der Waals surface area contributed by atoms with Crippen LogP contribution in [-0.2, 0) is 25.5 Å². The van der Waals surface area contributed by atoms with Crippen LogP contribution in [0.1, 0.15) is 43.4 Å². The Bertz CT molecular complexity index is 843. The Hall–Kier alpha value is -3.15. The Balaban J connectivity index is 1.69. The molecule has 6 heteroatoms. The van der Waals surface area contributed by atoms with E-state index in [1.165, 1.54) is 6.92 Å². The number of carbonyl (C=O) groups is 3. The molecule has 152 valence electrons. The van der Waals surface area contributed by atoms with E-state index in [2.05, 4.69) is 5.32 Å². The normalized spacial score (nSPS) is 14.7. The van der Waals surface area contributed by atoms with Gasteiger partial charge in [-0.15, -0.1) is 0 Å². The van der Waals surface area contributed by atoms with Crippen molar-refractivity contribution in [1.29, 1.82) is 0 Å². The SMILES string of the molecule is CC(=O)Nc1ccc(CC(=O)O[C@@H](C(=O)N2CCCCC2)c2ccccc2)cc1. The molecule has 0 saturated carbocycles. The lowest BCUT2D eigenvalue weighted by atomic mass is 10.1. The molecule has 0 unspecified atom stereocenters. The van der Waals surface area contributed by atoms with Gasteiger partial charge in [0.15, 0.2) is 0 Å². The van der Waals surface area contributed by atoms with Gasteiger partial charge in [0, 0.05) is 31.3 Å². The number of nitrogens with zero attached hydrogens (tertiary/aromatic N) is 1. The average Bonchev–Trinajstić information content (AvgIpc) is 2.74. The number of piperidine rings is 1. The van der Waals surface area contributed by atoms with Crippen molar-refractivity contribution in [3.63, 3.8) is 0 Å². The van der Waals surface area contributed by atoms with Crippen LogP contribution in [0.3, 0.4) is 0 Å². The maximum absolute atomic E-state index is 13.0. The monoisotopic (exact) mass is 394 g/mol. The lowest BCUT2D eigenvalue weighted by Crippen LogP contribution is -2.40. The van der Waals surface area contributed by atoms with Gasteiger partial charge in [0.25, 0.3) is 5.91 Å². The highest BCUT2D eigenvalue weighted by atomic mass is 16.5. The van der Waals surface area contributed by atoms with Crippen LogP contribution in [-0.4, -0.2) is 35.8 Å². The van der Waals surface area contributed by atoms with E-state index in [4.69, 9.17) is 4.74 Å². The summed E-state index contributed by atoms with van der Waals surface area (Å²) >= 11 is 0. The van der Waals surface area contributed by atoms with Crippen molar-refractivity contribution in [1.82, 2.24) is 4.90 Å². The first-order chi connectivity index (χ1) is 14.0. The minimum absolute atomic E-state index is 0.0525. The molecule has 2 aromatic rings. The van der Waals surface area contributed by atoms with Crippen molar-refractivity contribution in [2.45, 2.75) is 38.7 Å². The Kier molecular flexibility index (Phi) is 7.00. The van der Waals surface area contributed by atoms with Crippen LogP contribution in [0.4, 0.5) is 5.69 Å². The zero-order chi connectivity index (χ0) is 20.6. The van der Waals surface area contributed by atoms with E-state index in [0.29, 0.717) is 24.3 Å². The second-order valence-electron chi connectivity index (χ2n) is 7.22. The van der Waals surface area contributed by atoms with Gasteiger partial charge in [-0.1, -0.05) is 42.5 Å². The van der Waals surface area contributed by atoms with E-state index in [1.807, 2.05) is 30.3 Å². The lowest BCUT2D eigenvalue weighted by molar-refractivity contribution is -0.160. The third kappa shape index (κ3) is 5.91. The number of likely N-dealkylation sites (tertiary alicyclic amines) is 1. The second-order valence-corrected chi connectivity index (χ2v) is 7.22. The van der Waals surface area contributed by atoms with Crippen LogP contribution in [0.2, 0.25) is 0 Å². The molecule has 2 amide bonds. The molecule has 1 N–H and O–H groups in total. The number of carbonyl (C=O) groups excluding carboxylic acids is 3. The van der Waals surface area contributed by atoms with E-state index in [-0.39, 0.29) is 18.2 Å². The summed E-state index contributed by atoms with van der Waals surface area (Å²) in [4.78, 5) is 38.5. The molecular formula is C23H26N2O4. The molecule has 1 heterocycles. The molecule has 1 fully saturated rings. The highest BCUT2D eigenvalue weighted by Crippen LogP contribution is 2.23. The van der Waals surface area contributed by atoms with Gasteiger partial charge in [-0.25, -0.2) is 0 Å². The number of benzene rings is 2. The van der Waals surface area contributed by atoms with Gasteiger partial charge in [0.05, 0.1) is 6.42 Å². The number of ether oxygens (including phenoxy) is 1. The number of hydrogen-bond donors (Lipinski definition) is 1. The first kappa shape index (κ1) is 20.6. The Morgan fingerprint density at radius 2 is 1.62 bits per heavy atom.